The zero-order valence-electron chi connectivity index (χ0n) is 14.6. The van der Waals surface area contributed by atoms with E-state index in [4.69, 9.17) is 0 Å². The lowest BCUT2D eigenvalue weighted by Crippen LogP contribution is -2.59. The zero-order valence-corrected chi connectivity index (χ0v) is 14.6. The lowest BCUT2D eigenvalue weighted by molar-refractivity contribution is -0.110. The minimum atomic E-state index is -0.838. The molecule has 4 rings (SSSR count). The van der Waals surface area contributed by atoms with Gasteiger partial charge in [0.1, 0.15) is 5.69 Å². The van der Waals surface area contributed by atoms with Gasteiger partial charge in [-0.15, -0.1) is 0 Å². The van der Waals surface area contributed by atoms with Crippen molar-refractivity contribution in [3.63, 3.8) is 0 Å². The molecule has 0 radical (unpaired) electrons. The summed E-state index contributed by atoms with van der Waals surface area (Å²) in [7, 11) is 1.85. The number of aryl methyl sites for hydroxylation is 1. The summed E-state index contributed by atoms with van der Waals surface area (Å²) < 4.78 is 1.78. The molecule has 2 aliphatic rings. The Kier molecular flexibility index (Phi) is 4.12. The van der Waals surface area contributed by atoms with Gasteiger partial charge in [-0.3, -0.25) is 4.79 Å². The van der Waals surface area contributed by atoms with Gasteiger partial charge in [-0.2, -0.15) is 0 Å². The average Bonchev–Trinajstić information content (AvgIpc) is 3.08. The number of aromatic nitrogens is 2. The fourth-order valence-electron chi connectivity index (χ4n) is 4.73. The van der Waals surface area contributed by atoms with Gasteiger partial charge in [-0.1, -0.05) is 43.2 Å². The Morgan fingerprint density at radius 3 is 2.72 bits per heavy atom. The number of imidazole rings is 1. The highest BCUT2D eigenvalue weighted by molar-refractivity contribution is 5.92. The van der Waals surface area contributed by atoms with Crippen LogP contribution in [0.25, 0.3) is 0 Å². The zero-order chi connectivity index (χ0) is 17.4. The number of piperidine rings is 1. The number of hydrogen-bond acceptors (Lipinski definition) is 3. The average molecular weight is 339 g/mol. The lowest BCUT2D eigenvalue weighted by Gasteiger charge is -2.52. The molecule has 1 saturated carbocycles. The number of aliphatic hydroxyl groups is 1. The van der Waals surface area contributed by atoms with Crippen LogP contribution >= 0.6 is 0 Å². The van der Waals surface area contributed by atoms with Crippen molar-refractivity contribution < 1.29 is 9.90 Å². The van der Waals surface area contributed by atoms with Gasteiger partial charge in [0.25, 0.3) is 5.91 Å². The summed E-state index contributed by atoms with van der Waals surface area (Å²) >= 11 is 0. The molecule has 2 heterocycles. The van der Waals surface area contributed by atoms with Gasteiger partial charge in [-0.25, -0.2) is 4.98 Å². The van der Waals surface area contributed by atoms with Crippen molar-refractivity contribution in [2.75, 3.05) is 6.54 Å². The third-order valence-corrected chi connectivity index (χ3v) is 6.05. The first-order valence-corrected chi connectivity index (χ1v) is 9.16. The first-order valence-electron chi connectivity index (χ1n) is 9.16. The summed E-state index contributed by atoms with van der Waals surface area (Å²) in [6, 6.07) is 10.1. The summed E-state index contributed by atoms with van der Waals surface area (Å²) in [5.74, 6) is 0.126. The van der Waals surface area contributed by atoms with E-state index in [9.17, 15) is 9.90 Å². The number of likely N-dealkylation sites (tertiary alicyclic amines) is 1. The molecular formula is C20H25N3O2. The van der Waals surface area contributed by atoms with E-state index >= 15 is 0 Å². The standard InChI is InChI=1S/C20H25N3O2/c1-22-14-21-13-18(22)19(24)23-12-11-20(25,15-7-3-2-4-8-15)16-9-5-6-10-17(16)23/h2-4,7-8,13-14,16-17,25H,5-6,9-12H2,1H3. The number of carbonyl (C=O) groups excluding carboxylic acids is 1. The van der Waals surface area contributed by atoms with Crippen LogP contribution in [0.2, 0.25) is 0 Å². The summed E-state index contributed by atoms with van der Waals surface area (Å²) in [5.41, 5.74) is 0.768. The Balaban J connectivity index is 1.67. The molecule has 5 heteroatoms. The van der Waals surface area contributed by atoms with Crippen LogP contribution < -0.4 is 0 Å². The molecule has 1 aliphatic heterocycles. The van der Waals surface area contributed by atoms with Gasteiger partial charge < -0.3 is 14.6 Å². The van der Waals surface area contributed by atoms with Gasteiger partial charge in [0.2, 0.25) is 0 Å². The van der Waals surface area contributed by atoms with Crippen molar-refractivity contribution >= 4 is 5.91 Å². The number of benzene rings is 1. The molecule has 132 valence electrons. The molecule has 25 heavy (non-hydrogen) atoms. The quantitative estimate of drug-likeness (QED) is 0.915. The smallest absolute Gasteiger partial charge is 0.272 e. The second kappa shape index (κ2) is 6.30. The molecule has 1 N–H and O–H groups in total. The molecule has 1 saturated heterocycles. The Hall–Kier alpha value is -2.14. The molecule has 3 unspecified atom stereocenters. The number of hydrogen-bond donors (Lipinski definition) is 1. The molecule has 2 aromatic rings. The van der Waals surface area contributed by atoms with E-state index in [-0.39, 0.29) is 17.9 Å². The molecular weight excluding hydrogens is 314 g/mol. The van der Waals surface area contributed by atoms with Crippen LogP contribution in [-0.4, -0.2) is 38.1 Å². The number of nitrogens with zero attached hydrogens (tertiary/aromatic N) is 3. The minimum absolute atomic E-state index is 0.0343. The van der Waals surface area contributed by atoms with E-state index < -0.39 is 5.60 Å². The van der Waals surface area contributed by atoms with Crippen LogP contribution in [-0.2, 0) is 12.6 Å². The maximum absolute atomic E-state index is 13.1. The number of carbonyl (C=O) groups is 1. The van der Waals surface area contributed by atoms with Gasteiger partial charge in [-0.05, 0) is 24.8 Å². The topological polar surface area (TPSA) is 58.4 Å². The highest BCUT2D eigenvalue weighted by atomic mass is 16.3. The van der Waals surface area contributed by atoms with E-state index in [0.717, 1.165) is 31.2 Å². The Morgan fingerprint density at radius 1 is 1.24 bits per heavy atom. The summed E-state index contributed by atoms with van der Waals surface area (Å²) in [4.78, 5) is 19.1. The third kappa shape index (κ3) is 2.67. The monoisotopic (exact) mass is 339 g/mol. The van der Waals surface area contributed by atoms with Gasteiger partial charge >= 0.3 is 0 Å². The Bertz CT molecular complexity index is 757. The SMILES string of the molecule is Cn1cncc1C(=O)N1CCC(O)(c2ccccc2)C2CCCCC21. The van der Waals surface area contributed by atoms with E-state index in [1.165, 1.54) is 0 Å². The molecule has 3 atom stereocenters. The number of fused-ring (bicyclic) bond motifs is 1. The molecule has 5 nitrogen and oxygen atoms in total. The van der Waals surface area contributed by atoms with E-state index in [1.54, 1.807) is 17.1 Å². The molecule has 0 bridgehead atoms. The summed E-state index contributed by atoms with van der Waals surface area (Å²) in [6.07, 6.45) is 8.04. The number of amides is 1. The molecule has 1 aromatic heterocycles. The van der Waals surface area contributed by atoms with Gasteiger partial charge in [0.15, 0.2) is 0 Å². The molecule has 1 amide bonds. The van der Waals surface area contributed by atoms with Crippen LogP contribution in [0.4, 0.5) is 0 Å². The molecule has 2 fully saturated rings. The predicted octanol–water partition coefficient (Wildman–Crippen LogP) is 2.71. The van der Waals surface area contributed by atoms with Crippen LogP contribution in [0.1, 0.15) is 48.2 Å². The van der Waals surface area contributed by atoms with E-state index in [2.05, 4.69) is 4.98 Å². The Labute approximate surface area is 148 Å². The van der Waals surface area contributed by atoms with Crippen LogP contribution in [0, 0.1) is 5.92 Å². The molecule has 1 aromatic carbocycles. The van der Waals surface area contributed by atoms with E-state index in [0.29, 0.717) is 18.7 Å². The van der Waals surface area contributed by atoms with Crippen molar-refractivity contribution in [3.8, 4) is 0 Å². The van der Waals surface area contributed by atoms with Crippen molar-refractivity contribution in [1.82, 2.24) is 14.5 Å². The maximum Gasteiger partial charge on any atom is 0.272 e. The normalized spacial score (nSPS) is 29.3. The minimum Gasteiger partial charge on any atom is -0.385 e. The second-order valence-corrected chi connectivity index (χ2v) is 7.39. The van der Waals surface area contributed by atoms with Crippen molar-refractivity contribution in [1.29, 1.82) is 0 Å². The molecule has 0 spiro atoms. The Morgan fingerprint density at radius 2 is 2.00 bits per heavy atom. The lowest BCUT2D eigenvalue weighted by atomic mass is 9.66. The maximum atomic E-state index is 13.1. The van der Waals surface area contributed by atoms with Crippen molar-refractivity contribution in [3.05, 3.63) is 54.1 Å². The number of rotatable bonds is 2. The predicted molar refractivity (Wildman–Crippen MR) is 94.9 cm³/mol. The van der Waals surface area contributed by atoms with Crippen molar-refractivity contribution in [2.24, 2.45) is 13.0 Å². The van der Waals surface area contributed by atoms with E-state index in [1.807, 2.05) is 42.3 Å². The highest BCUT2D eigenvalue weighted by Crippen LogP contribution is 2.47. The first-order chi connectivity index (χ1) is 12.1. The second-order valence-electron chi connectivity index (χ2n) is 7.39. The highest BCUT2D eigenvalue weighted by Gasteiger charge is 2.50. The third-order valence-electron chi connectivity index (χ3n) is 6.05. The summed E-state index contributed by atoms with van der Waals surface area (Å²) in [6.45, 7) is 0.580. The fourth-order valence-corrected chi connectivity index (χ4v) is 4.73. The van der Waals surface area contributed by atoms with Crippen LogP contribution in [0.5, 0.6) is 0 Å². The molecule has 1 aliphatic carbocycles. The van der Waals surface area contributed by atoms with Crippen LogP contribution in [0.15, 0.2) is 42.9 Å². The van der Waals surface area contributed by atoms with Crippen molar-refractivity contribution in [2.45, 2.75) is 43.7 Å². The summed E-state index contributed by atoms with van der Waals surface area (Å²) in [5, 5.41) is 11.6. The first kappa shape index (κ1) is 16.3. The van der Waals surface area contributed by atoms with Gasteiger partial charge in [0.05, 0.1) is 18.1 Å². The van der Waals surface area contributed by atoms with Crippen LogP contribution in [0.3, 0.4) is 0 Å². The van der Waals surface area contributed by atoms with Gasteiger partial charge in [0, 0.05) is 25.6 Å². The fraction of sp³-hybridized carbons (Fsp3) is 0.500. The largest absolute Gasteiger partial charge is 0.385 e.